The van der Waals surface area contributed by atoms with Crippen LogP contribution in [0.5, 0.6) is 0 Å². The second kappa shape index (κ2) is 8.01. The monoisotopic (exact) mass is 371 g/mol. The van der Waals surface area contributed by atoms with Gasteiger partial charge in [0, 0.05) is 0 Å². The van der Waals surface area contributed by atoms with Gasteiger partial charge >= 0.3 is 6.03 Å². The van der Waals surface area contributed by atoms with Gasteiger partial charge in [-0.3, -0.25) is 14.5 Å². The molecule has 2 aromatic carbocycles. The molecule has 134 valence electrons. The quantitative estimate of drug-likeness (QED) is 0.766. The van der Waals surface area contributed by atoms with Gasteiger partial charge in [-0.25, -0.2) is 4.79 Å². The minimum absolute atomic E-state index is 0.349. The van der Waals surface area contributed by atoms with E-state index in [0.29, 0.717) is 23.6 Å². The molecular weight excluding hydrogens is 354 g/mol. The summed E-state index contributed by atoms with van der Waals surface area (Å²) < 4.78 is 0. The third kappa shape index (κ3) is 4.21. The van der Waals surface area contributed by atoms with Gasteiger partial charge in [0.1, 0.15) is 12.6 Å². The molecule has 7 heteroatoms. The van der Waals surface area contributed by atoms with Crippen molar-refractivity contribution in [2.45, 2.75) is 18.9 Å². The Morgan fingerprint density at radius 2 is 1.77 bits per heavy atom. The first-order valence-corrected chi connectivity index (χ1v) is 8.62. The molecule has 1 atom stereocenters. The molecule has 1 aliphatic rings. The SMILES string of the molecule is O=C(CN1C(=O)N[C@H](CCc2ccccc2)C1=O)Nc1ccccc1Cl. The van der Waals surface area contributed by atoms with Crippen molar-refractivity contribution in [3.05, 3.63) is 65.2 Å². The van der Waals surface area contributed by atoms with Gasteiger partial charge in [-0.1, -0.05) is 54.1 Å². The third-order valence-corrected chi connectivity index (χ3v) is 4.45. The van der Waals surface area contributed by atoms with E-state index in [4.69, 9.17) is 11.6 Å². The maximum absolute atomic E-state index is 12.4. The number of hydrogen-bond acceptors (Lipinski definition) is 3. The van der Waals surface area contributed by atoms with Gasteiger partial charge in [-0.05, 0) is 30.5 Å². The summed E-state index contributed by atoms with van der Waals surface area (Å²) in [6, 6.07) is 15.3. The van der Waals surface area contributed by atoms with E-state index in [0.717, 1.165) is 10.5 Å². The number of carbonyl (C=O) groups is 3. The minimum Gasteiger partial charge on any atom is -0.326 e. The fraction of sp³-hybridized carbons (Fsp3) is 0.211. The summed E-state index contributed by atoms with van der Waals surface area (Å²) in [5, 5.41) is 5.63. The third-order valence-electron chi connectivity index (χ3n) is 4.12. The van der Waals surface area contributed by atoms with Crippen molar-refractivity contribution in [1.29, 1.82) is 0 Å². The summed E-state index contributed by atoms with van der Waals surface area (Å²) in [6.07, 6.45) is 1.15. The molecule has 4 amide bonds. The van der Waals surface area contributed by atoms with E-state index in [1.807, 2.05) is 30.3 Å². The second-order valence-corrected chi connectivity index (χ2v) is 6.39. The molecular formula is C19H18ClN3O3. The fourth-order valence-corrected chi connectivity index (χ4v) is 2.96. The van der Waals surface area contributed by atoms with Gasteiger partial charge in [-0.2, -0.15) is 0 Å². The minimum atomic E-state index is -0.615. The largest absolute Gasteiger partial charge is 0.326 e. The first-order chi connectivity index (χ1) is 12.5. The zero-order chi connectivity index (χ0) is 18.5. The van der Waals surface area contributed by atoms with Crippen LogP contribution in [0.2, 0.25) is 5.02 Å². The molecule has 2 N–H and O–H groups in total. The number of amides is 4. The molecule has 0 aliphatic carbocycles. The van der Waals surface area contributed by atoms with Gasteiger partial charge in [0.25, 0.3) is 5.91 Å². The van der Waals surface area contributed by atoms with Crippen molar-refractivity contribution in [3.8, 4) is 0 Å². The van der Waals surface area contributed by atoms with Crippen LogP contribution in [0.3, 0.4) is 0 Å². The van der Waals surface area contributed by atoms with Crippen LogP contribution in [-0.4, -0.2) is 35.3 Å². The molecule has 1 aliphatic heterocycles. The number of hydrogen-bond donors (Lipinski definition) is 2. The Hall–Kier alpha value is -2.86. The lowest BCUT2D eigenvalue weighted by Crippen LogP contribution is -2.38. The molecule has 0 bridgehead atoms. The number of urea groups is 1. The average Bonchev–Trinajstić information content (AvgIpc) is 2.90. The summed E-state index contributed by atoms with van der Waals surface area (Å²) in [5.41, 5.74) is 1.52. The zero-order valence-electron chi connectivity index (χ0n) is 13.9. The van der Waals surface area contributed by atoms with Crippen LogP contribution >= 0.6 is 11.6 Å². The molecule has 0 spiro atoms. The van der Waals surface area contributed by atoms with E-state index < -0.39 is 18.0 Å². The van der Waals surface area contributed by atoms with E-state index in [2.05, 4.69) is 10.6 Å². The number of anilines is 1. The Morgan fingerprint density at radius 3 is 2.50 bits per heavy atom. The van der Waals surface area contributed by atoms with E-state index in [1.54, 1.807) is 24.3 Å². The molecule has 0 radical (unpaired) electrons. The van der Waals surface area contributed by atoms with Gasteiger partial charge < -0.3 is 10.6 Å². The highest BCUT2D eigenvalue weighted by Crippen LogP contribution is 2.20. The number of benzene rings is 2. The van der Waals surface area contributed by atoms with Crippen LogP contribution in [0.4, 0.5) is 10.5 Å². The molecule has 3 rings (SSSR count). The normalized spacial score (nSPS) is 16.5. The second-order valence-electron chi connectivity index (χ2n) is 5.98. The van der Waals surface area contributed by atoms with Crippen molar-refractivity contribution in [2.75, 3.05) is 11.9 Å². The van der Waals surface area contributed by atoms with Crippen molar-refractivity contribution in [1.82, 2.24) is 10.2 Å². The highest BCUT2D eigenvalue weighted by Gasteiger charge is 2.38. The lowest BCUT2D eigenvalue weighted by atomic mass is 10.1. The number of carbonyl (C=O) groups excluding carboxylic acids is 3. The summed E-state index contributed by atoms with van der Waals surface area (Å²) >= 11 is 5.99. The number of imide groups is 1. The average molecular weight is 372 g/mol. The van der Waals surface area contributed by atoms with Crippen molar-refractivity contribution in [3.63, 3.8) is 0 Å². The molecule has 1 saturated heterocycles. The lowest BCUT2D eigenvalue weighted by Gasteiger charge is -2.13. The van der Waals surface area contributed by atoms with E-state index in [1.165, 1.54) is 0 Å². The Kier molecular flexibility index (Phi) is 5.53. The highest BCUT2D eigenvalue weighted by molar-refractivity contribution is 6.33. The number of rotatable bonds is 6. The number of para-hydroxylation sites is 1. The topological polar surface area (TPSA) is 78.5 Å². The van der Waals surface area contributed by atoms with E-state index >= 15 is 0 Å². The smallest absolute Gasteiger partial charge is 0.325 e. The number of halogens is 1. The summed E-state index contributed by atoms with van der Waals surface area (Å²) in [5.74, 6) is -0.870. The van der Waals surface area contributed by atoms with Gasteiger partial charge in [0.15, 0.2) is 0 Å². The van der Waals surface area contributed by atoms with Gasteiger partial charge in [0.2, 0.25) is 5.91 Å². The molecule has 1 heterocycles. The number of aryl methyl sites for hydroxylation is 1. The standard InChI is InChI=1S/C19H18ClN3O3/c20-14-8-4-5-9-15(14)21-17(24)12-23-18(25)16(22-19(23)26)11-10-13-6-2-1-3-7-13/h1-9,16H,10-12H2,(H,21,24)(H,22,26)/t16-/m1/s1. The van der Waals surface area contributed by atoms with Crippen molar-refractivity contribution < 1.29 is 14.4 Å². The van der Waals surface area contributed by atoms with Crippen LogP contribution < -0.4 is 10.6 Å². The Bertz CT molecular complexity index is 826. The molecule has 0 saturated carbocycles. The fourth-order valence-electron chi connectivity index (χ4n) is 2.77. The molecule has 2 aromatic rings. The molecule has 26 heavy (non-hydrogen) atoms. The van der Waals surface area contributed by atoms with E-state index in [9.17, 15) is 14.4 Å². The Morgan fingerprint density at radius 1 is 1.08 bits per heavy atom. The molecule has 6 nitrogen and oxygen atoms in total. The van der Waals surface area contributed by atoms with Crippen LogP contribution in [0.1, 0.15) is 12.0 Å². The predicted molar refractivity (Wildman–Crippen MR) is 98.9 cm³/mol. The Labute approximate surface area is 156 Å². The first kappa shape index (κ1) is 17.9. The lowest BCUT2D eigenvalue weighted by molar-refractivity contribution is -0.130. The summed E-state index contributed by atoms with van der Waals surface area (Å²) in [6.45, 7) is -0.349. The van der Waals surface area contributed by atoms with Gasteiger partial charge in [0.05, 0.1) is 10.7 Å². The summed E-state index contributed by atoms with van der Waals surface area (Å²) in [4.78, 5) is 37.6. The van der Waals surface area contributed by atoms with Crippen molar-refractivity contribution in [2.24, 2.45) is 0 Å². The molecule has 0 unspecified atom stereocenters. The number of nitrogens with one attached hydrogen (secondary N) is 2. The first-order valence-electron chi connectivity index (χ1n) is 8.25. The van der Waals surface area contributed by atoms with Crippen LogP contribution in [0, 0.1) is 0 Å². The van der Waals surface area contributed by atoms with Gasteiger partial charge in [-0.15, -0.1) is 0 Å². The molecule has 0 aromatic heterocycles. The highest BCUT2D eigenvalue weighted by atomic mass is 35.5. The number of nitrogens with zero attached hydrogens (tertiary/aromatic N) is 1. The van der Waals surface area contributed by atoms with Crippen LogP contribution in [-0.2, 0) is 16.0 Å². The zero-order valence-corrected chi connectivity index (χ0v) is 14.7. The van der Waals surface area contributed by atoms with Crippen LogP contribution in [0.15, 0.2) is 54.6 Å². The van der Waals surface area contributed by atoms with Crippen molar-refractivity contribution >= 4 is 35.1 Å². The van der Waals surface area contributed by atoms with Crippen LogP contribution in [0.25, 0.3) is 0 Å². The molecule has 1 fully saturated rings. The predicted octanol–water partition coefficient (Wildman–Crippen LogP) is 2.83. The summed E-state index contributed by atoms with van der Waals surface area (Å²) in [7, 11) is 0. The van der Waals surface area contributed by atoms with E-state index in [-0.39, 0.29) is 12.5 Å². The maximum Gasteiger partial charge on any atom is 0.325 e. The maximum atomic E-state index is 12.4. The Balaban J connectivity index is 1.56.